The molecule has 12 heavy (non-hydrogen) atoms. The molecule has 1 aromatic rings. The van der Waals surface area contributed by atoms with Crippen molar-refractivity contribution < 1.29 is 21.2 Å². The van der Waals surface area contributed by atoms with Crippen molar-refractivity contribution in [3.8, 4) is 0 Å². The monoisotopic (exact) mass is 271 g/mol. The molecule has 0 spiro atoms. The number of rotatable bonds is 3. The molecule has 0 aliphatic rings. The molecule has 0 aliphatic carbocycles. The van der Waals surface area contributed by atoms with Crippen LogP contribution in [-0.2, 0) is 0 Å². The van der Waals surface area contributed by atoms with Gasteiger partial charge in [-0.3, -0.25) is 0 Å². The highest BCUT2D eigenvalue weighted by Crippen LogP contribution is 1.84. The number of halogens is 1. The second-order valence-corrected chi connectivity index (χ2v) is 5.30. The maximum atomic E-state index is 3.79. The van der Waals surface area contributed by atoms with Gasteiger partial charge in [0.15, 0.2) is 7.15 Å². The van der Waals surface area contributed by atoms with Gasteiger partial charge >= 0.3 is 21.2 Å². The van der Waals surface area contributed by atoms with Crippen LogP contribution >= 0.6 is 0 Å². The lowest BCUT2D eigenvalue weighted by atomic mass is 10.4. The minimum atomic E-state index is 0.00379. The van der Waals surface area contributed by atoms with Crippen LogP contribution in [0.15, 0.2) is 52.6 Å². The van der Waals surface area contributed by atoms with E-state index in [1.165, 1.54) is 7.15 Å². The molecule has 0 saturated carbocycles. The lowest BCUT2D eigenvalue weighted by Crippen LogP contribution is -3.60. The van der Waals surface area contributed by atoms with Crippen molar-refractivity contribution >= 4 is 0 Å². The van der Waals surface area contributed by atoms with Crippen molar-refractivity contribution in [3.63, 3.8) is 0 Å². The zero-order valence-electron chi connectivity index (χ0n) is 7.13. The second kappa shape index (κ2) is 5.14. The van der Waals surface area contributed by atoms with Gasteiger partial charge in [-0.25, -0.2) is 0 Å². The standard InChI is InChI=1S/C11H12I/c1-3-10(4-2)12-11-8-6-5-7-9-11/h3-9H,1H2,2H3/q+1. The molecule has 0 nitrogen and oxygen atoms in total. The Hall–Kier alpha value is -0.570. The first-order valence-corrected chi connectivity index (χ1v) is 6.01. The summed E-state index contributed by atoms with van der Waals surface area (Å²) in [4.78, 5) is 0. The minimum Gasteiger partial charge on any atom is -0.0946 e. The van der Waals surface area contributed by atoms with Gasteiger partial charge in [0.1, 0.15) is 0 Å². The van der Waals surface area contributed by atoms with Crippen molar-refractivity contribution in [1.29, 1.82) is 0 Å². The molecule has 0 atom stereocenters. The van der Waals surface area contributed by atoms with Crippen molar-refractivity contribution in [2.75, 3.05) is 0 Å². The molecular formula is C11H12I+. The fraction of sp³-hybridized carbons (Fsp3) is 0.0909. The largest absolute Gasteiger partial charge is 0.357 e. The molecule has 0 N–H and O–H groups in total. The first-order chi connectivity index (χ1) is 5.86. The van der Waals surface area contributed by atoms with E-state index in [1.54, 1.807) is 0 Å². The lowest BCUT2D eigenvalue weighted by Gasteiger charge is -1.83. The Morgan fingerprint density at radius 3 is 2.50 bits per heavy atom. The Bertz CT molecular complexity index is 272. The molecule has 1 rings (SSSR count). The molecule has 0 aliphatic heterocycles. The predicted octanol–water partition coefficient (Wildman–Crippen LogP) is 0.0350. The normalized spacial score (nSPS) is 11.2. The van der Waals surface area contributed by atoms with E-state index in [-0.39, 0.29) is 21.2 Å². The lowest BCUT2D eigenvalue weighted by molar-refractivity contribution is -0.571. The van der Waals surface area contributed by atoms with E-state index in [2.05, 4.69) is 49.9 Å². The third-order valence-corrected chi connectivity index (χ3v) is 4.45. The zero-order chi connectivity index (χ0) is 8.81. The summed E-state index contributed by atoms with van der Waals surface area (Å²) in [5.74, 6) is 0. The minimum absolute atomic E-state index is 0.00379. The molecule has 0 radical (unpaired) electrons. The topological polar surface area (TPSA) is 0 Å². The second-order valence-electron chi connectivity index (χ2n) is 2.27. The highest BCUT2D eigenvalue weighted by Gasteiger charge is 2.13. The number of allylic oxidation sites excluding steroid dienone is 3. The summed E-state index contributed by atoms with van der Waals surface area (Å²) in [6.07, 6.45) is 4.10. The van der Waals surface area contributed by atoms with Crippen molar-refractivity contribution in [3.05, 3.63) is 56.2 Å². The summed E-state index contributed by atoms with van der Waals surface area (Å²) in [6.45, 7) is 5.86. The maximum absolute atomic E-state index is 3.79. The van der Waals surface area contributed by atoms with Gasteiger partial charge in [-0.1, -0.05) is 24.8 Å². The average molecular weight is 271 g/mol. The van der Waals surface area contributed by atoms with E-state index < -0.39 is 0 Å². The fourth-order valence-electron chi connectivity index (χ4n) is 0.815. The summed E-state index contributed by atoms with van der Waals surface area (Å²) in [5, 5.41) is 0. The van der Waals surface area contributed by atoms with Gasteiger partial charge < -0.3 is 0 Å². The van der Waals surface area contributed by atoms with Crippen LogP contribution in [0.3, 0.4) is 0 Å². The van der Waals surface area contributed by atoms with Crippen molar-refractivity contribution in [2.45, 2.75) is 6.92 Å². The van der Waals surface area contributed by atoms with Crippen LogP contribution < -0.4 is 21.2 Å². The molecule has 1 aromatic carbocycles. The average Bonchev–Trinajstić information content (AvgIpc) is 2.16. The summed E-state index contributed by atoms with van der Waals surface area (Å²) in [7, 11) is 0. The summed E-state index contributed by atoms with van der Waals surface area (Å²) < 4.78 is 2.84. The van der Waals surface area contributed by atoms with Crippen LogP contribution in [0.2, 0.25) is 0 Å². The number of hydrogen-bond donors (Lipinski definition) is 0. The van der Waals surface area contributed by atoms with E-state index in [9.17, 15) is 0 Å². The third kappa shape index (κ3) is 2.81. The van der Waals surface area contributed by atoms with E-state index in [1.807, 2.05) is 6.08 Å². The number of hydrogen-bond acceptors (Lipinski definition) is 0. The van der Waals surface area contributed by atoms with Crippen molar-refractivity contribution in [2.24, 2.45) is 0 Å². The molecule has 0 bridgehead atoms. The molecule has 0 unspecified atom stereocenters. The Balaban J connectivity index is 2.70. The molecule has 0 amide bonds. The third-order valence-electron chi connectivity index (χ3n) is 1.42. The molecule has 0 heterocycles. The van der Waals surface area contributed by atoms with Gasteiger partial charge in [0.05, 0.1) is 0 Å². The zero-order valence-corrected chi connectivity index (χ0v) is 9.28. The Morgan fingerprint density at radius 1 is 1.33 bits per heavy atom. The van der Waals surface area contributed by atoms with Crippen LogP contribution in [0.25, 0.3) is 0 Å². The number of benzene rings is 1. The maximum Gasteiger partial charge on any atom is 0.357 e. The molecule has 0 fully saturated rings. The molecule has 0 aromatic heterocycles. The van der Waals surface area contributed by atoms with Crippen molar-refractivity contribution in [1.82, 2.24) is 0 Å². The van der Waals surface area contributed by atoms with Gasteiger partial charge in [-0.05, 0) is 31.2 Å². The molecule has 1 heteroatoms. The summed E-state index contributed by atoms with van der Waals surface area (Å²) >= 11 is 0.00379. The van der Waals surface area contributed by atoms with E-state index in [0.29, 0.717) is 0 Å². The highest BCUT2D eigenvalue weighted by molar-refractivity contribution is 5.07. The SMILES string of the molecule is C=CC(=CC)[I+]c1ccccc1. The molecular weight excluding hydrogens is 259 g/mol. The van der Waals surface area contributed by atoms with E-state index in [4.69, 9.17) is 0 Å². The summed E-state index contributed by atoms with van der Waals surface area (Å²) in [6, 6.07) is 10.6. The van der Waals surface area contributed by atoms with Crippen LogP contribution in [0.1, 0.15) is 6.92 Å². The van der Waals surface area contributed by atoms with Crippen LogP contribution in [0.4, 0.5) is 0 Å². The van der Waals surface area contributed by atoms with Gasteiger partial charge in [-0.2, -0.15) is 0 Å². The fourth-order valence-corrected chi connectivity index (χ4v) is 2.84. The predicted molar refractivity (Wildman–Crippen MR) is 49.1 cm³/mol. The highest BCUT2D eigenvalue weighted by atomic mass is 127. The van der Waals surface area contributed by atoms with Crippen LogP contribution in [0, 0.1) is 3.57 Å². The van der Waals surface area contributed by atoms with Gasteiger partial charge in [0, 0.05) is 0 Å². The Morgan fingerprint density at radius 2 is 2.00 bits per heavy atom. The van der Waals surface area contributed by atoms with Crippen LogP contribution in [-0.4, -0.2) is 0 Å². The smallest absolute Gasteiger partial charge is 0.0946 e. The first-order valence-electron chi connectivity index (χ1n) is 3.85. The molecule has 0 saturated heterocycles. The van der Waals surface area contributed by atoms with E-state index in [0.717, 1.165) is 0 Å². The van der Waals surface area contributed by atoms with Gasteiger partial charge in [0.25, 0.3) is 0 Å². The van der Waals surface area contributed by atoms with Gasteiger partial charge in [0.2, 0.25) is 0 Å². The summed E-state index contributed by atoms with van der Waals surface area (Å²) in [5.41, 5.74) is 0. The molecule has 62 valence electrons. The Labute approximate surface area is 84.3 Å². The Kier molecular flexibility index (Phi) is 4.08. The van der Waals surface area contributed by atoms with Crippen LogP contribution in [0.5, 0.6) is 0 Å². The van der Waals surface area contributed by atoms with Gasteiger partial charge in [-0.15, -0.1) is 0 Å². The first kappa shape index (κ1) is 9.52. The van der Waals surface area contributed by atoms with E-state index >= 15 is 0 Å². The quantitative estimate of drug-likeness (QED) is 0.538.